The largest absolute Gasteiger partial charge is 0.376 e. The van der Waals surface area contributed by atoms with Gasteiger partial charge in [-0.15, -0.1) is 0 Å². The Morgan fingerprint density at radius 2 is 2.00 bits per heavy atom. The monoisotopic (exact) mass is 432 g/mol. The first-order valence-electron chi connectivity index (χ1n) is 11.1. The normalized spacial score (nSPS) is 23.3. The quantitative estimate of drug-likeness (QED) is 0.567. The molecule has 3 atom stereocenters. The molecule has 4 heterocycles. The van der Waals surface area contributed by atoms with Crippen molar-refractivity contribution in [2.75, 3.05) is 11.5 Å². The van der Waals surface area contributed by atoms with Gasteiger partial charge in [0.05, 0.1) is 17.8 Å². The molecule has 0 unspecified atom stereocenters. The molecule has 6 heteroatoms. The molecule has 2 saturated heterocycles. The topological polar surface area (TPSA) is 42.3 Å². The van der Waals surface area contributed by atoms with Crippen LogP contribution in [0.3, 0.4) is 0 Å². The summed E-state index contributed by atoms with van der Waals surface area (Å²) in [4.78, 5) is 6.91. The van der Waals surface area contributed by atoms with Gasteiger partial charge in [0, 0.05) is 36.9 Å². The highest BCUT2D eigenvalue weighted by atomic mass is 32.1. The molecule has 5 rings (SSSR count). The van der Waals surface area contributed by atoms with Crippen molar-refractivity contribution in [2.45, 2.75) is 50.9 Å². The summed E-state index contributed by atoms with van der Waals surface area (Å²) in [7, 11) is 0. The third-order valence-electron chi connectivity index (χ3n) is 6.31. The molecule has 1 aromatic carbocycles. The Kier molecular flexibility index (Phi) is 5.74. The van der Waals surface area contributed by atoms with Crippen molar-refractivity contribution >= 4 is 23.0 Å². The van der Waals surface area contributed by atoms with Gasteiger partial charge in [-0.1, -0.05) is 25.1 Å². The molecule has 31 heavy (non-hydrogen) atoms. The minimum atomic E-state index is -0.0299. The van der Waals surface area contributed by atoms with Crippen LogP contribution in [-0.2, 0) is 17.7 Å². The highest BCUT2D eigenvalue weighted by Crippen LogP contribution is 2.41. The highest BCUT2D eigenvalue weighted by Gasteiger charge is 2.42. The van der Waals surface area contributed by atoms with Crippen LogP contribution in [0.2, 0.25) is 0 Å². The lowest BCUT2D eigenvalue weighted by Gasteiger charge is -2.29. The van der Waals surface area contributed by atoms with Crippen LogP contribution in [0.15, 0.2) is 67.0 Å². The van der Waals surface area contributed by atoms with E-state index in [0.29, 0.717) is 0 Å². The van der Waals surface area contributed by atoms with E-state index in [2.05, 4.69) is 75.4 Å². The second-order valence-corrected chi connectivity index (χ2v) is 8.62. The molecule has 3 aromatic rings. The molecular formula is C25H28N4OS. The zero-order valence-electron chi connectivity index (χ0n) is 17.8. The molecule has 0 amide bonds. The van der Waals surface area contributed by atoms with Crippen LogP contribution in [0.4, 0.5) is 5.69 Å². The summed E-state index contributed by atoms with van der Waals surface area (Å²) in [5.74, 6) is 0. The Labute approximate surface area is 189 Å². The van der Waals surface area contributed by atoms with Gasteiger partial charge in [0.2, 0.25) is 0 Å². The first-order valence-corrected chi connectivity index (χ1v) is 11.5. The van der Waals surface area contributed by atoms with Crippen molar-refractivity contribution in [3.8, 4) is 0 Å². The van der Waals surface area contributed by atoms with E-state index in [1.54, 1.807) is 0 Å². The summed E-state index contributed by atoms with van der Waals surface area (Å²) in [6.45, 7) is 3.90. The fourth-order valence-electron chi connectivity index (χ4n) is 4.70. The van der Waals surface area contributed by atoms with Gasteiger partial charge in [-0.2, -0.15) is 0 Å². The Morgan fingerprint density at radius 1 is 1.13 bits per heavy atom. The van der Waals surface area contributed by atoms with Crippen LogP contribution < -0.4 is 10.2 Å². The number of benzene rings is 1. The summed E-state index contributed by atoms with van der Waals surface area (Å²) < 4.78 is 8.26. The van der Waals surface area contributed by atoms with E-state index in [9.17, 15) is 0 Å². The Balaban J connectivity index is 1.56. The number of nitrogens with one attached hydrogen (secondary N) is 1. The predicted molar refractivity (Wildman–Crippen MR) is 127 cm³/mol. The summed E-state index contributed by atoms with van der Waals surface area (Å²) in [6, 6.07) is 19.1. The fraction of sp³-hybridized carbons (Fsp3) is 0.360. The lowest BCUT2D eigenvalue weighted by molar-refractivity contribution is 0.0961. The summed E-state index contributed by atoms with van der Waals surface area (Å²) in [5, 5.41) is 4.29. The maximum absolute atomic E-state index is 5.93. The Hall–Kier alpha value is -2.70. The number of hydrogen-bond donors (Lipinski definition) is 1. The average molecular weight is 433 g/mol. The first-order chi connectivity index (χ1) is 15.2. The van der Waals surface area contributed by atoms with Gasteiger partial charge in [0.15, 0.2) is 5.11 Å². The van der Waals surface area contributed by atoms with E-state index >= 15 is 0 Å². The van der Waals surface area contributed by atoms with Gasteiger partial charge >= 0.3 is 0 Å². The van der Waals surface area contributed by atoms with Crippen molar-refractivity contribution in [3.05, 3.63) is 83.9 Å². The second-order valence-electron chi connectivity index (χ2n) is 8.24. The summed E-state index contributed by atoms with van der Waals surface area (Å²) in [6.07, 6.45) is 7.56. The molecule has 2 aliphatic rings. The average Bonchev–Trinajstić information content (AvgIpc) is 3.55. The third-order valence-corrected chi connectivity index (χ3v) is 6.63. The van der Waals surface area contributed by atoms with Crippen LogP contribution in [0.5, 0.6) is 0 Å². The van der Waals surface area contributed by atoms with Crippen molar-refractivity contribution in [1.82, 2.24) is 14.9 Å². The van der Waals surface area contributed by atoms with Crippen LogP contribution >= 0.6 is 12.2 Å². The standard InChI is InChI=1S/C25H28N4OS/c1-2-18-10-12-19(13-11-18)29-24(23(27-25(29)31)21-8-3-4-14-26-21)22-9-5-15-28(22)17-20-7-6-16-30-20/h3-5,8-15,20,23-24H,2,6-7,16-17H2,1H3,(H,27,31)/t20-,23-,24+/m1/s1. The first kappa shape index (κ1) is 20.2. The highest BCUT2D eigenvalue weighted by molar-refractivity contribution is 7.80. The van der Waals surface area contributed by atoms with Gasteiger partial charge in [-0.3, -0.25) is 4.98 Å². The van der Waals surface area contributed by atoms with E-state index in [1.807, 2.05) is 18.3 Å². The number of pyridine rings is 1. The molecule has 2 aliphatic heterocycles. The molecule has 1 N–H and O–H groups in total. The van der Waals surface area contributed by atoms with Gasteiger partial charge in [0.1, 0.15) is 6.04 Å². The maximum Gasteiger partial charge on any atom is 0.174 e. The van der Waals surface area contributed by atoms with Gasteiger partial charge in [0.25, 0.3) is 0 Å². The number of anilines is 1. The number of aryl methyl sites for hydroxylation is 1. The minimum absolute atomic E-state index is 0.00581. The molecule has 0 radical (unpaired) electrons. The third kappa shape index (κ3) is 3.98. The van der Waals surface area contributed by atoms with Crippen LogP contribution in [-0.4, -0.2) is 27.4 Å². The number of thiocarbonyl (C=S) groups is 1. The van der Waals surface area contributed by atoms with E-state index in [1.165, 1.54) is 11.3 Å². The molecule has 0 saturated carbocycles. The number of nitrogens with zero attached hydrogens (tertiary/aromatic N) is 3. The zero-order valence-corrected chi connectivity index (χ0v) is 18.6. The number of rotatable bonds is 6. The van der Waals surface area contributed by atoms with E-state index in [0.717, 1.165) is 48.9 Å². The molecule has 5 nitrogen and oxygen atoms in total. The van der Waals surface area contributed by atoms with Crippen molar-refractivity contribution in [3.63, 3.8) is 0 Å². The SMILES string of the molecule is CCc1ccc(N2C(=S)N[C@H](c3ccccn3)[C@@H]2c2cccn2C[C@H]2CCCO2)cc1. The molecule has 0 spiro atoms. The van der Waals surface area contributed by atoms with Crippen molar-refractivity contribution in [1.29, 1.82) is 0 Å². The van der Waals surface area contributed by atoms with Crippen LogP contribution in [0.25, 0.3) is 0 Å². The van der Waals surface area contributed by atoms with E-state index in [4.69, 9.17) is 17.0 Å². The molecule has 2 fully saturated rings. The molecule has 2 aromatic heterocycles. The Morgan fingerprint density at radius 3 is 2.71 bits per heavy atom. The summed E-state index contributed by atoms with van der Waals surface area (Å²) >= 11 is 5.85. The van der Waals surface area contributed by atoms with Crippen molar-refractivity contribution < 1.29 is 4.74 Å². The lowest BCUT2D eigenvalue weighted by atomic mass is 10.0. The number of hydrogen-bond acceptors (Lipinski definition) is 3. The fourth-order valence-corrected chi connectivity index (χ4v) is 5.04. The van der Waals surface area contributed by atoms with Gasteiger partial charge < -0.3 is 19.5 Å². The van der Waals surface area contributed by atoms with E-state index < -0.39 is 0 Å². The molecular weight excluding hydrogens is 404 g/mol. The predicted octanol–water partition coefficient (Wildman–Crippen LogP) is 4.80. The second kappa shape index (κ2) is 8.81. The van der Waals surface area contributed by atoms with Crippen LogP contribution in [0, 0.1) is 0 Å². The van der Waals surface area contributed by atoms with Gasteiger partial charge in [-0.05, 0) is 73.4 Å². The molecule has 0 bridgehead atoms. The number of ether oxygens (including phenoxy) is 1. The number of aromatic nitrogens is 2. The van der Waals surface area contributed by atoms with Gasteiger partial charge in [-0.25, -0.2) is 0 Å². The summed E-state index contributed by atoms with van der Waals surface area (Å²) in [5.41, 5.74) is 4.63. The zero-order chi connectivity index (χ0) is 21.2. The smallest absolute Gasteiger partial charge is 0.174 e. The minimum Gasteiger partial charge on any atom is -0.376 e. The maximum atomic E-state index is 5.93. The molecule has 0 aliphatic carbocycles. The molecule has 160 valence electrons. The lowest BCUT2D eigenvalue weighted by Crippen LogP contribution is -2.31. The van der Waals surface area contributed by atoms with Crippen molar-refractivity contribution in [2.24, 2.45) is 0 Å². The van der Waals surface area contributed by atoms with Crippen LogP contribution in [0.1, 0.15) is 48.8 Å². The van der Waals surface area contributed by atoms with E-state index in [-0.39, 0.29) is 18.2 Å². The Bertz CT molecular complexity index is 1030.